The summed E-state index contributed by atoms with van der Waals surface area (Å²) in [5.41, 5.74) is 7.56. The zero-order valence-electron chi connectivity index (χ0n) is 10.4. The van der Waals surface area contributed by atoms with Crippen LogP contribution < -0.4 is 15.8 Å². The zero-order valence-corrected chi connectivity index (χ0v) is 10.4. The molecule has 2 aromatic carbocycles. The van der Waals surface area contributed by atoms with E-state index in [1.807, 2.05) is 24.3 Å². The number of rotatable bonds is 4. The number of benzene rings is 2. The van der Waals surface area contributed by atoms with Crippen molar-refractivity contribution in [2.24, 2.45) is 0 Å². The van der Waals surface area contributed by atoms with Gasteiger partial charge in [0, 0.05) is 23.1 Å². The molecule has 0 fully saturated rings. The highest BCUT2D eigenvalue weighted by Crippen LogP contribution is 2.24. The number of ether oxygens (including phenoxy) is 1. The molecular formula is C14H14N2O3. The van der Waals surface area contributed by atoms with Crippen molar-refractivity contribution in [2.75, 3.05) is 18.2 Å². The number of hydrogen-bond donors (Lipinski definition) is 3. The van der Waals surface area contributed by atoms with E-state index in [0.717, 1.165) is 17.1 Å². The standard InChI is InChI=1S/C14H14N2O3/c1-19-11-4-2-3-9(7-11)16-10-5-6-12(14(17)18)13(15)8-10/h2-8,16H,15H2,1H3,(H,17,18). The highest BCUT2D eigenvalue weighted by Gasteiger charge is 2.08. The molecule has 0 aliphatic carbocycles. The second-order valence-corrected chi connectivity index (χ2v) is 3.96. The Bertz CT molecular complexity index is 611. The fourth-order valence-corrected chi connectivity index (χ4v) is 1.70. The second-order valence-electron chi connectivity index (χ2n) is 3.96. The van der Waals surface area contributed by atoms with Crippen molar-refractivity contribution in [3.05, 3.63) is 48.0 Å². The Morgan fingerprint density at radius 2 is 1.95 bits per heavy atom. The summed E-state index contributed by atoms with van der Waals surface area (Å²) in [6, 6.07) is 12.1. The maximum absolute atomic E-state index is 10.9. The van der Waals surface area contributed by atoms with E-state index in [2.05, 4.69) is 5.32 Å². The fourth-order valence-electron chi connectivity index (χ4n) is 1.70. The van der Waals surface area contributed by atoms with Gasteiger partial charge in [-0.3, -0.25) is 0 Å². The van der Waals surface area contributed by atoms with Crippen LogP contribution in [0.5, 0.6) is 5.75 Å². The van der Waals surface area contributed by atoms with E-state index in [4.69, 9.17) is 15.6 Å². The molecule has 0 spiro atoms. The molecule has 0 unspecified atom stereocenters. The third-order valence-electron chi connectivity index (χ3n) is 2.64. The lowest BCUT2D eigenvalue weighted by molar-refractivity contribution is 0.0698. The van der Waals surface area contributed by atoms with Gasteiger partial charge in [-0.2, -0.15) is 0 Å². The third kappa shape index (κ3) is 2.95. The Hall–Kier alpha value is -2.69. The van der Waals surface area contributed by atoms with Gasteiger partial charge in [0.05, 0.1) is 12.7 Å². The van der Waals surface area contributed by atoms with Gasteiger partial charge in [-0.05, 0) is 30.3 Å². The van der Waals surface area contributed by atoms with Gasteiger partial charge in [-0.15, -0.1) is 0 Å². The number of methoxy groups -OCH3 is 1. The number of carboxylic acid groups (broad SMARTS) is 1. The molecule has 0 amide bonds. The monoisotopic (exact) mass is 258 g/mol. The average molecular weight is 258 g/mol. The van der Waals surface area contributed by atoms with E-state index in [0.29, 0.717) is 0 Å². The number of anilines is 3. The van der Waals surface area contributed by atoms with Crippen LogP contribution in [0.1, 0.15) is 10.4 Å². The largest absolute Gasteiger partial charge is 0.497 e. The molecule has 2 aromatic rings. The number of hydrogen-bond acceptors (Lipinski definition) is 4. The van der Waals surface area contributed by atoms with E-state index in [1.54, 1.807) is 19.2 Å². The molecule has 0 atom stereocenters. The number of carboxylic acids is 1. The molecule has 5 heteroatoms. The van der Waals surface area contributed by atoms with Crippen molar-refractivity contribution in [1.29, 1.82) is 0 Å². The average Bonchev–Trinajstić information content (AvgIpc) is 2.38. The van der Waals surface area contributed by atoms with Crippen LogP contribution in [0.25, 0.3) is 0 Å². The molecule has 0 aliphatic rings. The molecule has 2 rings (SSSR count). The molecular weight excluding hydrogens is 244 g/mol. The van der Waals surface area contributed by atoms with E-state index in [9.17, 15) is 4.79 Å². The van der Waals surface area contributed by atoms with Crippen LogP contribution in [0.4, 0.5) is 17.1 Å². The number of carbonyl (C=O) groups is 1. The maximum atomic E-state index is 10.9. The molecule has 0 saturated heterocycles. The van der Waals surface area contributed by atoms with Crippen molar-refractivity contribution >= 4 is 23.0 Å². The molecule has 98 valence electrons. The number of aromatic carboxylic acids is 1. The molecule has 0 saturated carbocycles. The third-order valence-corrected chi connectivity index (χ3v) is 2.64. The molecule has 19 heavy (non-hydrogen) atoms. The summed E-state index contributed by atoms with van der Waals surface area (Å²) < 4.78 is 5.12. The van der Waals surface area contributed by atoms with Gasteiger partial charge in [0.15, 0.2) is 0 Å². The van der Waals surface area contributed by atoms with Crippen LogP contribution in [0.3, 0.4) is 0 Å². The first kappa shape index (κ1) is 12.8. The van der Waals surface area contributed by atoms with Gasteiger partial charge in [-0.25, -0.2) is 4.79 Å². The summed E-state index contributed by atoms with van der Waals surface area (Å²) in [5.74, 6) is -0.300. The number of nitrogens with two attached hydrogens (primary N) is 1. The molecule has 5 nitrogen and oxygen atoms in total. The Balaban J connectivity index is 2.23. The van der Waals surface area contributed by atoms with Crippen LogP contribution in [-0.4, -0.2) is 18.2 Å². The Morgan fingerprint density at radius 1 is 1.21 bits per heavy atom. The summed E-state index contributed by atoms with van der Waals surface area (Å²) in [5, 5.41) is 12.0. The van der Waals surface area contributed by atoms with Crippen molar-refractivity contribution in [2.45, 2.75) is 0 Å². The molecule has 0 bridgehead atoms. The fraction of sp³-hybridized carbons (Fsp3) is 0.0714. The molecule has 0 aromatic heterocycles. The normalized spacial score (nSPS) is 9.95. The minimum Gasteiger partial charge on any atom is -0.497 e. The maximum Gasteiger partial charge on any atom is 0.337 e. The number of nitrogen functional groups attached to an aromatic ring is 1. The first-order valence-electron chi connectivity index (χ1n) is 5.64. The topological polar surface area (TPSA) is 84.6 Å². The summed E-state index contributed by atoms with van der Waals surface area (Å²) in [7, 11) is 1.60. The highest BCUT2D eigenvalue weighted by atomic mass is 16.5. The summed E-state index contributed by atoms with van der Waals surface area (Å²) in [6.45, 7) is 0. The summed E-state index contributed by atoms with van der Waals surface area (Å²) >= 11 is 0. The van der Waals surface area contributed by atoms with Gasteiger partial charge >= 0.3 is 5.97 Å². The van der Waals surface area contributed by atoms with Crippen LogP contribution in [-0.2, 0) is 0 Å². The molecule has 4 N–H and O–H groups in total. The number of nitrogens with one attached hydrogen (secondary N) is 1. The van der Waals surface area contributed by atoms with Crippen LogP contribution in [0.15, 0.2) is 42.5 Å². The molecule has 0 radical (unpaired) electrons. The van der Waals surface area contributed by atoms with E-state index < -0.39 is 5.97 Å². The van der Waals surface area contributed by atoms with E-state index in [-0.39, 0.29) is 11.3 Å². The van der Waals surface area contributed by atoms with Crippen molar-refractivity contribution < 1.29 is 14.6 Å². The molecule has 0 aliphatic heterocycles. The zero-order chi connectivity index (χ0) is 13.8. The van der Waals surface area contributed by atoms with Gasteiger partial charge in [-0.1, -0.05) is 6.07 Å². The predicted octanol–water partition coefficient (Wildman–Crippen LogP) is 2.72. The van der Waals surface area contributed by atoms with E-state index >= 15 is 0 Å². The Labute approximate surface area is 110 Å². The van der Waals surface area contributed by atoms with Gasteiger partial charge in [0.25, 0.3) is 0 Å². The van der Waals surface area contributed by atoms with E-state index in [1.165, 1.54) is 6.07 Å². The van der Waals surface area contributed by atoms with Crippen LogP contribution >= 0.6 is 0 Å². The van der Waals surface area contributed by atoms with Crippen LogP contribution in [0, 0.1) is 0 Å². The highest BCUT2D eigenvalue weighted by molar-refractivity contribution is 5.94. The van der Waals surface area contributed by atoms with Crippen molar-refractivity contribution in [1.82, 2.24) is 0 Å². The van der Waals surface area contributed by atoms with Gasteiger partial charge in [0.2, 0.25) is 0 Å². The van der Waals surface area contributed by atoms with Crippen molar-refractivity contribution in [3.8, 4) is 5.75 Å². The lowest BCUT2D eigenvalue weighted by Crippen LogP contribution is -2.03. The minimum absolute atomic E-state index is 0.0937. The Morgan fingerprint density at radius 3 is 2.58 bits per heavy atom. The van der Waals surface area contributed by atoms with Crippen LogP contribution in [0.2, 0.25) is 0 Å². The molecule has 0 heterocycles. The smallest absolute Gasteiger partial charge is 0.337 e. The first-order chi connectivity index (χ1) is 9.10. The summed E-state index contributed by atoms with van der Waals surface area (Å²) in [4.78, 5) is 10.9. The lowest BCUT2D eigenvalue weighted by Gasteiger charge is -2.09. The Kier molecular flexibility index (Phi) is 3.56. The second kappa shape index (κ2) is 5.30. The minimum atomic E-state index is -1.04. The lowest BCUT2D eigenvalue weighted by atomic mass is 10.1. The van der Waals surface area contributed by atoms with Gasteiger partial charge < -0.3 is 20.9 Å². The quantitative estimate of drug-likeness (QED) is 0.734. The van der Waals surface area contributed by atoms with Gasteiger partial charge in [0.1, 0.15) is 5.75 Å². The predicted molar refractivity (Wildman–Crippen MR) is 74.1 cm³/mol. The van der Waals surface area contributed by atoms with Crippen molar-refractivity contribution in [3.63, 3.8) is 0 Å². The SMILES string of the molecule is COc1cccc(Nc2ccc(C(=O)O)c(N)c2)c1. The summed E-state index contributed by atoms with van der Waals surface area (Å²) in [6.07, 6.45) is 0. The first-order valence-corrected chi connectivity index (χ1v) is 5.64.